The van der Waals surface area contributed by atoms with Gasteiger partial charge >= 0.3 is 0 Å². The first-order valence-electron chi connectivity index (χ1n) is 9.75. The molecule has 27 heavy (non-hydrogen) atoms. The zero-order chi connectivity index (χ0) is 19.4. The van der Waals surface area contributed by atoms with E-state index in [1.54, 1.807) is 12.1 Å². The Morgan fingerprint density at radius 2 is 1.93 bits per heavy atom. The number of amides is 1. The van der Waals surface area contributed by atoms with E-state index in [1.165, 1.54) is 4.90 Å². The molecule has 7 nitrogen and oxygen atoms in total. The Morgan fingerprint density at radius 3 is 2.48 bits per heavy atom. The molecule has 0 bridgehead atoms. The summed E-state index contributed by atoms with van der Waals surface area (Å²) in [4.78, 5) is 18.2. The molecule has 2 fully saturated rings. The van der Waals surface area contributed by atoms with Gasteiger partial charge in [-0.1, -0.05) is 6.92 Å². The number of piperazine rings is 1. The van der Waals surface area contributed by atoms with Crippen LogP contribution in [0.5, 0.6) is 5.75 Å². The van der Waals surface area contributed by atoms with Crippen LogP contribution >= 0.6 is 0 Å². The summed E-state index contributed by atoms with van der Waals surface area (Å²) >= 11 is 0. The highest BCUT2D eigenvalue weighted by Gasteiger charge is 2.35. The monoisotopic (exact) mass is 396 g/mol. The lowest BCUT2D eigenvalue weighted by molar-refractivity contribution is -0.892. The molecule has 150 valence electrons. The van der Waals surface area contributed by atoms with Crippen LogP contribution in [-0.2, 0) is 14.6 Å². The van der Waals surface area contributed by atoms with Crippen LogP contribution < -0.4 is 9.80 Å². The number of anilines is 1. The van der Waals surface area contributed by atoms with Crippen LogP contribution in [-0.4, -0.2) is 81.1 Å². The Bertz CT molecular complexity index is 743. The van der Waals surface area contributed by atoms with Crippen molar-refractivity contribution in [2.75, 3.05) is 55.7 Å². The van der Waals surface area contributed by atoms with Crippen LogP contribution in [0, 0.1) is 0 Å². The summed E-state index contributed by atoms with van der Waals surface area (Å²) in [6.07, 6.45) is 1.41. The number of nitrogens with zero attached hydrogens (tertiary/aromatic N) is 2. The van der Waals surface area contributed by atoms with Crippen LogP contribution in [0.4, 0.5) is 5.69 Å². The van der Waals surface area contributed by atoms with E-state index in [2.05, 4.69) is 4.90 Å². The second-order valence-electron chi connectivity index (χ2n) is 7.57. The van der Waals surface area contributed by atoms with Crippen LogP contribution in [0.15, 0.2) is 24.3 Å². The summed E-state index contributed by atoms with van der Waals surface area (Å²) in [5.41, 5.74) is 1.09. The van der Waals surface area contributed by atoms with Crippen LogP contribution in [0.25, 0.3) is 0 Å². The van der Waals surface area contributed by atoms with Gasteiger partial charge in [0.2, 0.25) is 0 Å². The van der Waals surface area contributed by atoms with Gasteiger partial charge in [0.05, 0.1) is 37.7 Å². The van der Waals surface area contributed by atoms with Gasteiger partial charge < -0.3 is 19.8 Å². The predicted octanol–water partition coefficient (Wildman–Crippen LogP) is -0.477. The SMILES string of the molecule is CCCN(C(=O)C[NH+]1CCN(c2ccc(O)cc2)CC1)[C@@H]1CCS(=O)(=O)C1. The average molecular weight is 397 g/mol. The molecule has 0 aromatic heterocycles. The first kappa shape index (κ1) is 19.9. The fraction of sp³-hybridized carbons (Fsp3) is 0.632. The van der Waals surface area contributed by atoms with Crippen molar-refractivity contribution in [3.63, 3.8) is 0 Å². The molecule has 1 atom stereocenters. The van der Waals surface area contributed by atoms with Gasteiger partial charge in [-0.3, -0.25) is 4.79 Å². The molecule has 1 amide bonds. The predicted molar refractivity (Wildman–Crippen MR) is 105 cm³/mol. The third-order valence-electron chi connectivity index (χ3n) is 5.52. The third kappa shape index (κ3) is 5.13. The van der Waals surface area contributed by atoms with E-state index in [0.717, 1.165) is 38.3 Å². The molecule has 2 heterocycles. The van der Waals surface area contributed by atoms with E-state index in [9.17, 15) is 18.3 Å². The number of nitrogens with one attached hydrogen (secondary N) is 1. The van der Waals surface area contributed by atoms with Crippen molar-refractivity contribution >= 4 is 21.4 Å². The molecule has 2 aliphatic rings. The summed E-state index contributed by atoms with van der Waals surface area (Å²) in [5, 5.41) is 9.41. The largest absolute Gasteiger partial charge is 0.508 e. The van der Waals surface area contributed by atoms with E-state index >= 15 is 0 Å². The Kier molecular flexibility index (Phi) is 6.26. The lowest BCUT2D eigenvalue weighted by atomic mass is 10.2. The van der Waals surface area contributed by atoms with Crippen LogP contribution in [0.1, 0.15) is 19.8 Å². The van der Waals surface area contributed by atoms with Crippen molar-refractivity contribution in [3.8, 4) is 5.75 Å². The first-order valence-corrected chi connectivity index (χ1v) is 11.6. The molecular formula is C19H30N3O4S+. The lowest BCUT2D eigenvalue weighted by Crippen LogP contribution is -3.16. The number of phenols is 1. The minimum Gasteiger partial charge on any atom is -0.508 e. The number of hydrogen-bond donors (Lipinski definition) is 2. The van der Waals surface area contributed by atoms with E-state index in [4.69, 9.17) is 0 Å². The first-order chi connectivity index (χ1) is 12.9. The van der Waals surface area contributed by atoms with Crippen molar-refractivity contribution in [2.45, 2.75) is 25.8 Å². The summed E-state index contributed by atoms with van der Waals surface area (Å²) < 4.78 is 23.6. The fourth-order valence-corrected chi connectivity index (χ4v) is 5.74. The van der Waals surface area contributed by atoms with Gasteiger partial charge in [0, 0.05) is 18.3 Å². The number of aromatic hydroxyl groups is 1. The molecule has 1 aromatic rings. The summed E-state index contributed by atoms with van der Waals surface area (Å²) in [6.45, 7) is 6.54. The number of phenolic OH excluding ortho intramolecular Hbond substituents is 1. The van der Waals surface area contributed by atoms with E-state index in [1.807, 2.05) is 24.0 Å². The molecule has 1 aromatic carbocycles. The minimum atomic E-state index is -2.99. The Hall–Kier alpha value is -1.80. The topological polar surface area (TPSA) is 82.4 Å². The summed E-state index contributed by atoms with van der Waals surface area (Å²) in [6, 6.07) is 7.05. The van der Waals surface area contributed by atoms with Gasteiger partial charge in [0.25, 0.3) is 5.91 Å². The van der Waals surface area contributed by atoms with E-state index in [-0.39, 0.29) is 29.2 Å². The average Bonchev–Trinajstić information content (AvgIpc) is 3.00. The highest BCUT2D eigenvalue weighted by Crippen LogP contribution is 2.19. The Morgan fingerprint density at radius 1 is 1.26 bits per heavy atom. The lowest BCUT2D eigenvalue weighted by Gasteiger charge is -2.35. The van der Waals surface area contributed by atoms with Gasteiger partial charge in [0.1, 0.15) is 5.75 Å². The van der Waals surface area contributed by atoms with Gasteiger partial charge in [-0.25, -0.2) is 8.42 Å². The van der Waals surface area contributed by atoms with E-state index < -0.39 is 9.84 Å². The second kappa shape index (κ2) is 8.48. The molecular weight excluding hydrogens is 366 g/mol. The maximum atomic E-state index is 12.9. The standard InChI is InChI=1S/C19H29N3O4S/c1-2-8-22(17-7-13-27(25,26)15-17)19(24)14-20-9-11-21(12-10-20)16-3-5-18(23)6-4-16/h3-6,17,23H,2,7-15H2,1H3/p+1/t17-/m1/s1. The number of carbonyl (C=O) groups is 1. The molecule has 2 saturated heterocycles. The quantitative estimate of drug-likeness (QED) is 0.679. The molecule has 0 radical (unpaired) electrons. The number of carbonyl (C=O) groups excluding carboxylic acids is 1. The summed E-state index contributed by atoms with van der Waals surface area (Å²) in [5.74, 6) is 0.650. The van der Waals surface area contributed by atoms with Crippen molar-refractivity contribution in [2.24, 2.45) is 0 Å². The van der Waals surface area contributed by atoms with Gasteiger partial charge in [-0.05, 0) is 37.1 Å². The second-order valence-corrected chi connectivity index (χ2v) is 9.80. The fourth-order valence-electron chi connectivity index (χ4n) is 4.01. The molecule has 0 unspecified atom stereocenters. The van der Waals surface area contributed by atoms with E-state index in [0.29, 0.717) is 19.5 Å². The number of rotatable bonds is 6. The Labute approximate surface area is 161 Å². The molecule has 2 N–H and O–H groups in total. The highest BCUT2D eigenvalue weighted by atomic mass is 32.2. The number of benzene rings is 1. The van der Waals surface area contributed by atoms with Crippen molar-refractivity contribution in [1.82, 2.24) is 4.90 Å². The highest BCUT2D eigenvalue weighted by molar-refractivity contribution is 7.91. The zero-order valence-electron chi connectivity index (χ0n) is 15.9. The Balaban J connectivity index is 1.53. The van der Waals surface area contributed by atoms with Crippen molar-refractivity contribution in [3.05, 3.63) is 24.3 Å². The van der Waals surface area contributed by atoms with Gasteiger partial charge in [-0.15, -0.1) is 0 Å². The normalized spacial score (nSPS) is 22.7. The van der Waals surface area contributed by atoms with Crippen molar-refractivity contribution in [1.29, 1.82) is 0 Å². The molecule has 0 spiro atoms. The molecule has 0 saturated carbocycles. The minimum absolute atomic E-state index is 0.0760. The van der Waals surface area contributed by atoms with Crippen LogP contribution in [0.2, 0.25) is 0 Å². The molecule has 0 aliphatic carbocycles. The van der Waals surface area contributed by atoms with Crippen molar-refractivity contribution < 1.29 is 23.2 Å². The summed E-state index contributed by atoms with van der Waals surface area (Å²) in [7, 11) is -2.99. The number of quaternary nitrogens is 1. The zero-order valence-corrected chi connectivity index (χ0v) is 16.7. The van der Waals surface area contributed by atoms with Gasteiger partial charge in [0.15, 0.2) is 16.4 Å². The maximum absolute atomic E-state index is 12.9. The smallest absolute Gasteiger partial charge is 0.278 e. The molecule has 8 heteroatoms. The molecule has 2 aliphatic heterocycles. The van der Waals surface area contributed by atoms with Gasteiger partial charge in [-0.2, -0.15) is 0 Å². The number of sulfone groups is 1. The number of hydrogen-bond acceptors (Lipinski definition) is 5. The molecule has 3 rings (SSSR count). The third-order valence-corrected chi connectivity index (χ3v) is 7.27. The maximum Gasteiger partial charge on any atom is 0.278 e. The van der Waals surface area contributed by atoms with Crippen LogP contribution in [0.3, 0.4) is 0 Å².